The Hall–Kier alpha value is -1.95. The van der Waals surface area contributed by atoms with Gasteiger partial charge in [-0.3, -0.25) is 14.5 Å². The fraction of sp³-hybridized carbons (Fsp3) is 0.619. The predicted octanol–water partition coefficient (Wildman–Crippen LogP) is 2.70. The van der Waals surface area contributed by atoms with Crippen LogP contribution in [0, 0.1) is 5.82 Å². The highest BCUT2D eigenvalue weighted by molar-refractivity contribution is 5.81. The molecule has 2 aliphatic rings. The zero-order valence-electron chi connectivity index (χ0n) is 16.1. The second kappa shape index (κ2) is 9.31. The average Bonchev–Trinajstić information content (AvgIpc) is 3.45. The summed E-state index contributed by atoms with van der Waals surface area (Å²) in [6.07, 6.45) is 7.63. The molecule has 148 valence electrons. The molecule has 0 bridgehead atoms. The average molecular weight is 375 g/mol. The second-order valence-corrected chi connectivity index (χ2v) is 7.95. The number of benzene rings is 1. The number of likely N-dealkylation sites (N-methyl/N-ethyl adjacent to an activating group) is 1. The number of amides is 2. The summed E-state index contributed by atoms with van der Waals surface area (Å²) in [6.45, 7) is 0.943. The molecule has 0 spiro atoms. The maximum Gasteiger partial charge on any atom is 0.237 e. The van der Waals surface area contributed by atoms with E-state index in [1.54, 1.807) is 24.1 Å². The smallest absolute Gasteiger partial charge is 0.237 e. The van der Waals surface area contributed by atoms with Gasteiger partial charge in [0.25, 0.3) is 0 Å². The van der Waals surface area contributed by atoms with Crippen molar-refractivity contribution in [2.45, 2.75) is 63.6 Å². The Morgan fingerprint density at radius 3 is 2.33 bits per heavy atom. The molecule has 0 radical (unpaired) electrons. The SMILES string of the molecule is CN(CC(=O)NC1CC1)CC(=O)N(Cc1ccc(F)cc1)C1CCCCC1. The first-order valence-electron chi connectivity index (χ1n) is 10.0. The Bertz CT molecular complexity index is 639. The first-order chi connectivity index (χ1) is 13.0. The lowest BCUT2D eigenvalue weighted by Gasteiger charge is -2.35. The highest BCUT2D eigenvalue weighted by Gasteiger charge is 2.27. The molecule has 0 saturated heterocycles. The molecule has 5 nitrogen and oxygen atoms in total. The molecule has 27 heavy (non-hydrogen) atoms. The predicted molar refractivity (Wildman–Crippen MR) is 102 cm³/mol. The zero-order chi connectivity index (χ0) is 19.2. The number of carbonyl (C=O) groups is 2. The van der Waals surface area contributed by atoms with Crippen LogP contribution >= 0.6 is 0 Å². The summed E-state index contributed by atoms with van der Waals surface area (Å²) in [5.74, 6) is -0.251. The third-order valence-electron chi connectivity index (χ3n) is 5.36. The Kier molecular flexibility index (Phi) is 6.83. The summed E-state index contributed by atoms with van der Waals surface area (Å²) < 4.78 is 13.2. The van der Waals surface area contributed by atoms with E-state index in [9.17, 15) is 14.0 Å². The maximum atomic E-state index is 13.2. The quantitative estimate of drug-likeness (QED) is 0.760. The van der Waals surface area contributed by atoms with E-state index in [0.717, 1.165) is 44.1 Å². The van der Waals surface area contributed by atoms with Gasteiger partial charge in [-0.1, -0.05) is 31.4 Å². The van der Waals surface area contributed by atoms with E-state index >= 15 is 0 Å². The third kappa shape index (κ3) is 6.31. The van der Waals surface area contributed by atoms with Crippen LogP contribution in [0.4, 0.5) is 4.39 Å². The van der Waals surface area contributed by atoms with Crippen LogP contribution in [-0.2, 0) is 16.1 Å². The van der Waals surface area contributed by atoms with Crippen LogP contribution in [0.25, 0.3) is 0 Å². The van der Waals surface area contributed by atoms with Crippen molar-refractivity contribution in [1.82, 2.24) is 15.1 Å². The molecule has 1 N–H and O–H groups in total. The van der Waals surface area contributed by atoms with Gasteiger partial charge in [-0.15, -0.1) is 0 Å². The van der Waals surface area contributed by atoms with Crippen molar-refractivity contribution in [2.75, 3.05) is 20.1 Å². The molecule has 0 heterocycles. The number of rotatable bonds is 8. The van der Waals surface area contributed by atoms with Crippen LogP contribution in [-0.4, -0.2) is 53.8 Å². The first kappa shape index (κ1) is 19.8. The van der Waals surface area contributed by atoms with Gasteiger partial charge in [0, 0.05) is 18.6 Å². The largest absolute Gasteiger partial charge is 0.352 e. The van der Waals surface area contributed by atoms with Crippen molar-refractivity contribution in [3.8, 4) is 0 Å². The molecule has 3 rings (SSSR count). The van der Waals surface area contributed by atoms with Crippen molar-refractivity contribution >= 4 is 11.8 Å². The number of nitrogens with one attached hydrogen (secondary N) is 1. The second-order valence-electron chi connectivity index (χ2n) is 7.95. The molecular formula is C21H30FN3O2. The van der Waals surface area contributed by atoms with Gasteiger partial charge in [-0.2, -0.15) is 0 Å². The lowest BCUT2D eigenvalue weighted by Crippen LogP contribution is -2.47. The van der Waals surface area contributed by atoms with E-state index in [-0.39, 0.29) is 36.8 Å². The van der Waals surface area contributed by atoms with E-state index < -0.39 is 0 Å². The van der Waals surface area contributed by atoms with Crippen LogP contribution < -0.4 is 5.32 Å². The number of halogens is 1. The van der Waals surface area contributed by atoms with E-state index in [4.69, 9.17) is 0 Å². The van der Waals surface area contributed by atoms with Crippen molar-refractivity contribution in [3.05, 3.63) is 35.6 Å². The molecule has 1 aromatic carbocycles. The minimum atomic E-state index is -0.268. The highest BCUT2D eigenvalue weighted by Crippen LogP contribution is 2.24. The van der Waals surface area contributed by atoms with Crippen LogP contribution in [0.5, 0.6) is 0 Å². The minimum Gasteiger partial charge on any atom is -0.352 e. The van der Waals surface area contributed by atoms with Crippen molar-refractivity contribution < 1.29 is 14.0 Å². The monoisotopic (exact) mass is 375 g/mol. The summed E-state index contributed by atoms with van der Waals surface area (Å²) >= 11 is 0. The van der Waals surface area contributed by atoms with Gasteiger partial charge in [0.05, 0.1) is 13.1 Å². The van der Waals surface area contributed by atoms with Crippen LogP contribution in [0.15, 0.2) is 24.3 Å². The lowest BCUT2D eigenvalue weighted by atomic mass is 9.93. The van der Waals surface area contributed by atoms with Gasteiger partial charge in [-0.05, 0) is 50.4 Å². The van der Waals surface area contributed by atoms with Crippen molar-refractivity contribution in [3.63, 3.8) is 0 Å². The van der Waals surface area contributed by atoms with E-state index in [2.05, 4.69) is 5.32 Å². The van der Waals surface area contributed by atoms with E-state index in [1.807, 2.05) is 4.90 Å². The van der Waals surface area contributed by atoms with Gasteiger partial charge >= 0.3 is 0 Å². The zero-order valence-corrected chi connectivity index (χ0v) is 16.1. The van der Waals surface area contributed by atoms with Crippen LogP contribution in [0.2, 0.25) is 0 Å². The molecule has 2 fully saturated rings. The standard InChI is InChI=1S/C21H30FN3O2/c1-24(14-20(26)23-18-11-12-18)15-21(27)25(19-5-3-2-4-6-19)13-16-7-9-17(22)10-8-16/h7-10,18-19H,2-6,11-15H2,1H3,(H,23,26). The molecule has 2 aliphatic carbocycles. The molecule has 1 aromatic rings. The van der Waals surface area contributed by atoms with E-state index in [1.165, 1.54) is 18.6 Å². The summed E-state index contributed by atoms with van der Waals surface area (Å²) in [5, 5.41) is 2.95. The van der Waals surface area contributed by atoms with E-state index in [0.29, 0.717) is 12.6 Å². The van der Waals surface area contributed by atoms with Gasteiger partial charge in [-0.25, -0.2) is 4.39 Å². The Morgan fingerprint density at radius 1 is 1.04 bits per heavy atom. The van der Waals surface area contributed by atoms with Crippen molar-refractivity contribution in [1.29, 1.82) is 0 Å². The normalized spacial score (nSPS) is 17.7. The topological polar surface area (TPSA) is 52.7 Å². The number of hydrogen-bond donors (Lipinski definition) is 1. The summed E-state index contributed by atoms with van der Waals surface area (Å²) in [5.41, 5.74) is 0.935. The summed E-state index contributed by atoms with van der Waals surface area (Å²) in [7, 11) is 1.81. The molecule has 6 heteroatoms. The first-order valence-corrected chi connectivity index (χ1v) is 10.0. The molecule has 0 aliphatic heterocycles. The summed E-state index contributed by atoms with van der Waals surface area (Å²) in [6, 6.07) is 6.92. The van der Waals surface area contributed by atoms with Crippen LogP contribution in [0.1, 0.15) is 50.5 Å². The fourth-order valence-electron chi connectivity index (χ4n) is 3.72. The number of nitrogens with zero attached hydrogens (tertiary/aromatic N) is 2. The molecule has 2 saturated carbocycles. The third-order valence-corrected chi connectivity index (χ3v) is 5.36. The molecule has 0 atom stereocenters. The highest BCUT2D eigenvalue weighted by atomic mass is 19.1. The van der Waals surface area contributed by atoms with Gasteiger partial charge in [0.2, 0.25) is 11.8 Å². The maximum absolute atomic E-state index is 13.2. The Morgan fingerprint density at radius 2 is 1.70 bits per heavy atom. The minimum absolute atomic E-state index is 0.0180. The Labute approximate surface area is 160 Å². The number of hydrogen-bond acceptors (Lipinski definition) is 3. The molecule has 0 unspecified atom stereocenters. The molecule has 0 aromatic heterocycles. The molecule has 2 amide bonds. The van der Waals surface area contributed by atoms with Crippen LogP contribution in [0.3, 0.4) is 0 Å². The van der Waals surface area contributed by atoms with Gasteiger partial charge in [0.1, 0.15) is 5.82 Å². The van der Waals surface area contributed by atoms with Crippen molar-refractivity contribution in [2.24, 2.45) is 0 Å². The Balaban J connectivity index is 1.60. The summed E-state index contributed by atoms with van der Waals surface area (Å²) in [4.78, 5) is 28.7. The fourth-order valence-corrected chi connectivity index (χ4v) is 3.72. The van der Waals surface area contributed by atoms with Gasteiger partial charge in [0.15, 0.2) is 0 Å². The van der Waals surface area contributed by atoms with Gasteiger partial charge < -0.3 is 10.2 Å². The molecular weight excluding hydrogens is 345 g/mol. The number of carbonyl (C=O) groups excluding carboxylic acids is 2. The lowest BCUT2D eigenvalue weighted by molar-refractivity contribution is -0.136.